The molecule has 0 aliphatic heterocycles. The highest BCUT2D eigenvalue weighted by Gasteiger charge is 2.36. The largest absolute Gasteiger partial charge is 0.465 e. The summed E-state index contributed by atoms with van der Waals surface area (Å²) in [6.07, 6.45) is 0. The number of hydrogen-bond acceptors (Lipinski definition) is 3. The van der Waals surface area contributed by atoms with Crippen LogP contribution in [0.1, 0.15) is 35.3 Å². The number of ether oxygens (including phenoxy) is 1. The Kier molecular flexibility index (Phi) is 4.86. The molecular weight excluding hydrogens is 466 g/mol. The summed E-state index contributed by atoms with van der Waals surface area (Å²) in [5.74, 6) is -0.354. The van der Waals surface area contributed by atoms with Crippen molar-refractivity contribution in [1.82, 2.24) is 0 Å². The van der Waals surface area contributed by atoms with Gasteiger partial charge in [0.2, 0.25) is 0 Å². The van der Waals surface area contributed by atoms with Gasteiger partial charge in [0, 0.05) is 11.1 Å². The smallest absolute Gasteiger partial charge is 0.339 e. The monoisotopic (exact) mass is 493 g/mol. The van der Waals surface area contributed by atoms with Crippen molar-refractivity contribution >= 4 is 49.7 Å². The predicted octanol–water partition coefficient (Wildman–Crippen LogP) is 8.98. The fourth-order valence-corrected chi connectivity index (χ4v) is 6.25. The lowest BCUT2D eigenvalue weighted by Gasteiger charge is -2.23. The van der Waals surface area contributed by atoms with Crippen LogP contribution in [0, 0.1) is 0 Å². The van der Waals surface area contributed by atoms with Crippen LogP contribution < -0.4 is 5.32 Å². The van der Waals surface area contributed by atoms with Gasteiger partial charge >= 0.3 is 5.97 Å². The fourth-order valence-electron chi connectivity index (χ4n) is 6.25. The Morgan fingerprint density at radius 1 is 0.632 bits per heavy atom. The Bertz CT molecular complexity index is 1930. The van der Waals surface area contributed by atoms with Crippen LogP contribution in [0.3, 0.4) is 0 Å². The molecule has 0 heterocycles. The maximum Gasteiger partial charge on any atom is 0.339 e. The van der Waals surface area contributed by atoms with Gasteiger partial charge < -0.3 is 10.1 Å². The van der Waals surface area contributed by atoms with Gasteiger partial charge in [-0.3, -0.25) is 0 Å². The first-order valence-corrected chi connectivity index (χ1v) is 12.9. The van der Waals surface area contributed by atoms with Crippen LogP contribution in [0.2, 0.25) is 0 Å². The van der Waals surface area contributed by atoms with E-state index < -0.39 is 0 Å². The molecule has 1 aliphatic carbocycles. The highest BCUT2D eigenvalue weighted by atomic mass is 16.5. The van der Waals surface area contributed by atoms with Crippen LogP contribution >= 0.6 is 0 Å². The van der Waals surface area contributed by atoms with Gasteiger partial charge in [0.25, 0.3) is 0 Å². The predicted molar refractivity (Wildman–Crippen MR) is 158 cm³/mol. The third-order valence-corrected chi connectivity index (χ3v) is 8.15. The van der Waals surface area contributed by atoms with E-state index in [9.17, 15) is 4.79 Å². The molecule has 7 rings (SSSR count). The topological polar surface area (TPSA) is 38.3 Å². The van der Waals surface area contributed by atoms with Gasteiger partial charge in [0.05, 0.1) is 18.4 Å². The van der Waals surface area contributed by atoms with E-state index in [1.165, 1.54) is 61.7 Å². The lowest BCUT2D eigenvalue weighted by Crippen LogP contribution is -2.15. The van der Waals surface area contributed by atoms with E-state index in [0.717, 1.165) is 11.4 Å². The van der Waals surface area contributed by atoms with E-state index in [-0.39, 0.29) is 11.4 Å². The Morgan fingerprint density at radius 3 is 1.84 bits per heavy atom. The number of rotatable bonds is 3. The minimum absolute atomic E-state index is 0.175. The molecule has 0 amide bonds. The third-order valence-electron chi connectivity index (χ3n) is 8.15. The molecule has 6 aromatic carbocycles. The maximum absolute atomic E-state index is 12.3. The van der Waals surface area contributed by atoms with Gasteiger partial charge in [-0.2, -0.15) is 0 Å². The summed E-state index contributed by atoms with van der Waals surface area (Å²) in [5.41, 5.74) is 7.19. The van der Waals surface area contributed by atoms with Gasteiger partial charge in [-0.25, -0.2) is 4.79 Å². The zero-order chi connectivity index (χ0) is 26.0. The van der Waals surface area contributed by atoms with Crippen LogP contribution in [-0.4, -0.2) is 13.1 Å². The molecule has 0 saturated carbocycles. The van der Waals surface area contributed by atoms with Gasteiger partial charge in [-0.1, -0.05) is 80.6 Å². The third kappa shape index (κ3) is 3.18. The number of methoxy groups -OCH3 is 1. The highest BCUT2D eigenvalue weighted by Crippen LogP contribution is 2.52. The van der Waals surface area contributed by atoms with Crippen LogP contribution in [0.25, 0.3) is 43.4 Å². The zero-order valence-electron chi connectivity index (χ0n) is 21.6. The normalized spacial score (nSPS) is 13.4. The summed E-state index contributed by atoms with van der Waals surface area (Å²) < 4.78 is 4.98. The van der Waals surface area contributed by atoms with Crippen molar-refractivity contribution in [3.8, 4) is 11.1 Å². The first-order valence-electron chi connectivity index (χ1n) is 12.9. The number of para-hydroxylation sites is 1. The second kappa shape index (κ2) is 8.19. The number of fused-ring (bicyclic) bond motifs is 9. The molecule has 0 unspecified atom stereocenters. The highest BCUT2D eigenvalue weighted by molar-refractivity contribution is 6.26. The van der Waals surface area contributed by atoms with Crippen molar-refractivity contribution < 1.29 is 9.53 Å². The molecule has 0 radical (unpaired) electrons. The van der Waals surface area contributed by atoms with Crippen molar-refractivity contribution in [3.63, 3.8) is 0 Å². The molecule has 6 aromatic rings. The fraction of sp³-hybridized carbons (Fsp3) is 0.114. The standard InChI is InChI=1S/C35H27NO2/c1-35(2)31-18-21(36-33-15-9-8-14-27(33)34(37)38-3)16-17-26(31)30-19-28-24-12-6-4-10-22(24)23-11-5-7-13-25(23)29(28)20-32(30)35/h4-20,36H,1-3H3. The molecule has 0 spiro atoms. The van der Waals surface area contributed by atoms with Crippen molar-refractivity contribution in [2.24, 2.45) is 0 Å². The molecule has 0 bridgehead atoms. The summed E-state index contributed by atoms with van der Waals surface area (Å²) in [4.78, 5) is 12.3. The number of benzene rings is 6. The molecule has 3 nitrogen and oxygen atoms in total. The van der Waals surface area contributed by atoms with Crippen molar-refractivity contribution in [2.75, 3.05) is 12.4 Å². The van der Waals surface area contributed by atoms with Gasteiger partial charge in [-0.05, 0) is 91.0 Å². The summed E-state index contributed by atoms with van der Waals surface area (Å²) in [6.45, 7) is 4.61. The molecule has 0 atom stereocenters. The number of anilines is 2. The number of carbonyl (C=O) groups excluding carboxylic acids is 1. The zero-order valence-corrected chi connectivity index (χ0v) is 21.6. The molecule has 0 saturated heterocycles. The van der Waals surface area contributed by atoms with Crippen molar-refractivity contribution in [2.45, 2.75) is 19.3 Å². The number of carbonyl (C=O) groups is 1. The molecule has 184 valence electrons. The molecule has 0 fully saturated rings. The van der Waals surface area contributed by atoms with E-state index in [1.54, 1.807) is 6.07 Å². The minimum Gasteiger partial charge on any atom is -0.465 e. The molecule has 3 heteroatoms. The average molecular weight is 494 g/mol. The lowest BCUT2D eigenvalue weighted by atomic mass is 9.81. The van der Waals surface area contributed by atoms with Crippen molar-refractivity contribution in [1.29, 1.82) is 0 Å². The van der Waals surface area contributed by atoms with Gasteiger partial charge in [0.15, 0.2) is 0 Å². The Labute approximate surface area is 221 Å². The van der Waals surface area contributed by atoms with Gasteiger partial charge in [-0.15, -0.1) is 0 Å². The van der Waals surface area contributed by atoms with E-state index in [1.807, 2.05) is 18.2 Å². The summed E-state index contributed by atoms with van der Waals surface area (Å²) >= 11 is 0. The quantitative estimate of drug-likeness (QED) is 0.197. The second-order valence-electron chi connectivity index (χ2n) is 10.6. The van der Waals surface area contributed by atoms with E-state index in [2.05, 4.69) is 98.0 Å². The molecule has 1 N–H and O–H groups in total. The van der Waals surface area contributed by atoms with Crippen LogP contribution in [0.4, 0.5) is 11.4 Å². The Balaban J connectivity index is 1.42. The average Bonchev–Trinajstić information content (AvgIpc) is 3.17. The Morgan fingerprint density at radius 2 is 1.18 bits per heavy atom. The molecule has 1 aliphatic rings. The SMILES string of the molecule is COC(=O)c1ccccc1Nc1ccc2c(c1)C(C)(C)c1cc3c4ccccc4c4ccccc4c3cc1-2. The van der Waals surface area contributed by atoms with E-state index >= 15 is 0 Å². The van der Waals surface area contributed by atoms with E-state index in [0.29, 0.717) is 5.56 Å². The maximum atomic E-state index is 12.3. The number of esters is 1. The first-order chi connectivity index (χ1) is 18.5. The minimum atomic E-state index is -0.354. The van der Waals surface area contributed by atoms with E-state index in [4.69, 9.17) is 4.74 Å². The van der Waals surface area contributed by atoms with Crippen LogP contribution in [0.5, 0.6) is 0 Å². The summed E-state index contributed by atoms with van der Waals surface area (Å²) in [7, 11) is 1.41. The number of nitrogens with one attached hydrogen (secondary N) is 1. The lowest BCUT2D eigenvalue weighted by molar-refractivity contribution is 0.0602. The molecule has 0 aromatic heterocycles. The summed E-state index contributed by atoms with van der Waals surface area (Å²) in [5, 5.41) is 11.2. The summed E-state index contributed by atoms with van der Waals surface area (Å²) in [6, 6.07) is 36.2. The second-order valence-corrected chi connectivity index (χ2v) is 10.6. The first kappa shape index (κ1) is 22.6. The Hall–Kier alpha value is -4.63. The van der Waals surface area contributed by atoms with Crippen LogP contribution in [0.15, 0.2) is 103 Å². The number of hydrogen-bond donors (Lipinski definition) is 1. The van der Waals surface area contributed by atoms with Crippen LogP contribution in [-0.2, 0) is 10.2 Å². The molecular formula is C35H27NO2. The molecule has 38 heavy (non-hydrogen) atoms. The van der Waals surface area contributed by atoms with Crippen molar-refractivity contribution in [3.05, 3.63) is 120 Å². The van der Waals surface area contributed by atoms with Gasteiger partial charge in [0.1, 0.15) is 0 Å².